The molecule has 1 aliphatic rings. The van der Waals surface area contributed by atoms with Gasteiger partial charge in [-0.05, 0) is 41.1 Å². The molecule has 0 spiro atoms. The first-order valence-corrected chi connectivity index (χ1v) is 6.89. The van der Waals surface area contributed by atoms with Crippen LogP contribution in [0.15, 0.2) is 18.2 Å². The van der Waals surface area contributed by atoms with Crippen LogP contribution in [0.1, 0.15) is 12.0 Å². The van der Waals surface area contributed by atoms with Crippen molar-refractivity contribution in [3.05, 3.63) is 23.8 Å². The van der Waals surface area contributed by atoms with E-state index in [0.29, 0.717) is 19.8 Å². The van der Waals surface area contributed by atoms with Crippen molar-refractivity contribution in [1.82, 2.24) is 20.2 Å². The second-order valence-corrected chi connectivity index (χ2v) is 5.42. The predicted molar refractivity (Wildman–Crippen MR) is 77.6 cm³/mol. The van der Waals surface area contributed by atoms with Crippen LogP contribution >= 0.6 is 0 Å². The third-order valence-electron chi connectivity index (χ3n) is 3.96. The minimum Gasteiger partial charge on any atom is -0.399 e. The maximum Gasteiger partial charge on any atom is 0.182 e. The van der Waals surface area contributed by atoms with Crippen molar-refractivity contribution in [3.63, 3.8) is 0 Å². The van der Waals surface area contributed by atoms with Gasteiger partial charge in [-0.25, -0.2) is 4.68 Å². The Hall–Kier alpha value is -1.99. The summed E-state index contributed by atoms with van der Waals surface area (Å²) >= 11 is 0. The SMILES string of the molecule is COC1(Cn2nnnc2-c2ccc(N)cc2C)CCOC1. The van der Waals surface area contributed by atoms with Crippen LogP contribution in [0.3, 0.4) is 0 Å². The Kier molecular flexibility index (Phi) is 3.60. The molecule has 2 heterocycles. The zero-order chi connectivity index (χ0) is 14.9. The average molecular weight is 289 g/mol. The molecule has 1 aromatic heterocycles. The van der Waals surface area contributed by atoms with Crippen LogP contribution in [0.2, 0.25) is 0 Å². The van der Waals surface area contributed by atoms with Crippen LogP contribution in [0, 0.1) is 6.92 Å². The van der Waals surface area contributed by atoms with Gasteiger partial charge in [0, 0.05) is 31.4 Å². The fourth-order valence-electron chi connectivity index (χ4n) is 2.65. The van der Waals surface area contributed by atoms with Gasteiger partial charge in [0.1, 0.15) is 5.60 Å². The van der Waals surface area contributed by atoms with Crippen molar-refractivity contribution in [1.29, 1.82) is 0 Å². The minimum absolute atomic E-state index is 0.355. The summed E-state index contributed by atoms with van der Waals surface area (Å²) in [6, 6.07) is 5.71. The monoisotopic (exact) mass is 289 g/mol. The average Bonchev–Trinajstić information content (AvgIpc) is 3.10. The molecule has 7 heteroatoms. The van der Waals surface area contributed by atoms with Gasteiger partial charge in [0.25, 0.3) is 0 Å². The highest BCUT2D eigenvalue weighted by molar-refractivity contribution is 5.63. The first kappa shape index (κ1) is 14.0. The Bertz CT molecular complexity index is 634. The molecule has 2 N–H and O–H groups in total. The first-order valence-electron chi connectivity index (χ1n) is 6.89. The highest BCUT2D eigenvalue weighted by Crippen LogP contribution is 2.28. The molecule has 1 fully saturated rings. The molecule has 0 saturated carbocycles. The van der Waals surface area contributed by atoms with Crippen molar-refractivity contribution in [2.24, 2.45) is 0 Å². The number of methoxy groups -OCH3 is 1. The van der Waals surface area contributed by atoms with Crippen LogP contribution in [0.5, 0.6) is 0 Å². The van der Waals surface area contributed by atoms with Gasteiger partial charge in [0.05, 0.1) is 13.2 Å². The van der Waals surface area contributed by atoms with E-state index in [-0.39, 0.29) is 5.60 Å². The molecule has 1 aromatic carbocycles. The lowest BCUT2D eigenvalue weighted by molar-refractivity contribution is -0.0317. The Labute approximate surface area is 123 Å². The highest BCUT2D eigenvalue weighted by atomic mass is 16.5. The summed E-state index contributed by atoms with van der Waals surface area (Å²) in [6.45, 7) is 3.82. The fourth-order valence-corrected chi connectivity index (χ4v) is 2.65. The molecule has 0 bridgehead atoms. The van der Waals surface area contributed by atoms with Gasteiger partial charge >= 0.3 is 0 Å². The molecule has 112 valence electrons. The van der Waals surface area contributed by atoms with Gasteiger partial charge < -0.3 is 15.2 Å². The molecular formula is C14H19N5O2. The van der Waals surface area contributed by atoms with Gasteiger partial charge in [0.2, 0.25) is 0 Å². The van der Waals surface area contributed by atoms with E-state index in [1.54, 1.807) is 11.8 Å². The standard InChI is InChI=1S/C14H19N5O2/c1-10-7-11(15)3-4-12(10)13-16-17-18-19(13)8-14(20-2)5-6-21-9-14/h3-4,7H,5-6,8-9,15H2,1-2H3. The Morgan fingerprint density at radius 3 is 3.00 bits per heavy atom. The molecule has 2 aromatic rings. The van der Waals surface area contributed by atoms with E-state index in [1.807, 2.05) is 25.1 Å². The summed E-state index contributed by atoms with van der Waals surface area (Å²) in [5.74, 6) is 0.718. The second-order valence-electron chi connectivity index (χ2n) is 5.42. The second kappa shape index (κ2) is 5.42. The Morgan fingerprint density at radius 2 is 2.33 bits per heavy atom. The summed E-state index contributed by atoms with van der Waals surface area (Å²) in [5.41, 5.74) is 8.19. The fraction of sp³-hybridized carbons (Fsp3) is 0.500. The van der Waals surface area contributed by atoms with E-state index in [2.05, 4.69) is 15.5 Å². The van der Waals surface area contributed by atoms with Crippen LogP contribution in [-0.4, -0.2) is 46.1 Å². The van der Waals surface area contributed by atoms with Crippen LogP contribution in [0.25, 0.3) is 11.4 Å². The van der Waals surface area contributed by atoms with E-state index in [1.165, 1.54) is 0 Å². The van der Waals surface area contributed by atoms with Crippen molar-refractivity contribution in [2.75, 3.05) is 26.1 Å². The molecule has 3 rings (SSSR count). The number of aryl methyl sites for hydroxylation is 1. The van der Waals surface area contributed by atoms with Gasteiger partial charge in [-0.15, -0.1) is 5.10 Å². The van der Waals surface area contributed by atoms with Gasteiger partial charge in [0.15, 0.2) is 5.82 Å². The summed E-state index contributed by atoms with van der Waals surface area (Å²) in [4.78, 5) is 0. The van der Waals surface area contributed by atoms with E-state index in [9.17, 15) is 0 Å². The largest absolute Gasteiger partial charge is 0.399 e. The quantitative estimate of drug-likeness (QED) is 0.846. The summed E-state index contributed by atoms with van der Waals surface area (Å²) in [6.07, 6.45) is 0.837. The number of anilines is 1. The number of hydrogen-bond donors (Lipinski definition) is 1. The van der Waals surface area contributed by atoms with Crippen molar-refractivity contribution in [3.8, 4) is 11.4 Å². The summed E-state index contributed by atoms with van der Waals surface area (Å²) < 4.78 is 12.9. The number of nitrogen functional groups attached to an aromatic ring is 1. The predicted octanol–water partition coefficient (Wildman–Crippen LogP) is 1.04. The molecule has 1 aliphatic heterocycles. The van der Waals surface area contributed by atoms with Gasteiger partial charge in [-0.3, -0.25) is 0 Å². The molecule has 1 unspecified atom stereocenters. The summed E-state index contributed by atoms with van der Waals surface area (Å²) in [5, 5.41) is 12.1. The number of aromatic nitrogens is 4. The number of nitrogens with two attached hydrogens (primary N) is 1. The molecule has 0 aliphatic carbocycles. The zero-order valence-electron chi connectivity index (χ0n) is 12.2. The third kappa shape index (κ3) is 2.62. The number of benzene rings is 1. The third-order valence-corrected chi connectivity index (χ3v) is 3.96. The minimum atomic E-state index is -0.355. The van der Waals surface area contributed by atoms with Crippen LogP contribution in [-0.2, 0) is 16.0 Å². The lowest BCUT2D eigenvalue weighted by Crippen LogP contribution is -2.37. The zero-order valence-corrected chi connectivity index (χ0v) is 12.2. The maximum atomic E-state index is 5.80. The molecule has 0 amide bonds. The highest BCUT2D eigenvalue weighted by Gasteiger charge is 2.36. The van der Waals surface area contributed by atoms with Gasteiger partial charge in [-0.2, -0.15) is 0 Å². The normalized spacial score (nSPS) is 21.8. The lowest BCUT2D eigenvalue weighted by atomic mass is 10.0. The van der Waals surface area contributed by atoms with Crippen molar-refractivity contribution < 1.29 is 9.47 Å². The number of rotatable bonds is 4. The first-order chi connectivity index (χ1) is 10.1. The van der Waals surface area contributed by atoms with Crippen LogP contribution < -0.4 is 5.73 Å². The Balaban J connectivity index is 1.94. The molecule has 1 atom stereocenters. The molecule has 21 heavy (non-hydrogen) atoms. The topological polar surface area (TPSA) is 88.1 Å². The molecule has 0 radical (unpaired) electrons. The summed E-state index contributed by atoms with van der Waals surface area (Å²) in [7, 11) is 1.70. The van der Waals surface area contributed by atoms with E-state index in [0.717, 1.165) is 29.1 Å². The van der Waals surface area contributed by atoms with E-state index < -0.39 is 0 Å². The van der Waals surface area contributed by atoms with E-state index in [4.69, 9.17) is 15.2 Å². The van der Waals surface area contributed by atoms with Crippen LogP contribution in [0.4, 0.5) is 5.69 Å². The van der Waals surface area contributed by atoms with Crippen molar-refractivity contribution in [2.45, 2.75) is 25.5 Å². The van der Waals surface area contributed by atoms with Crippen molar-refractivity contribution >= 4 is 5.69 Å². The number of hydrogen-bond acceptors (Lipinski definition) is 6. The maximum absolute atomic E-state index is 5.80. The number of tetrazole rings is 1. The van der Waals surface area contributed by atoms with Gasteiger partial charge in [-0.1, -0.05) is 0 Å². The molecule has 7 nitrogen and oxygen atoms in total. The molecular weight excluding hydrogens is 270 g/mol. The van der Waals surface area contributed by atoms with E-state index >= 15 is 0 Å². The number of nitrogens with zero attached hydrogens (tertiary/aromatic N) is 4. The lowest BCUT2D eigenvalue weighted by Gasteiger charge is -2.25. The smallest absolute Gasteiger partial charge is 0.182 e. The molecule has 1 saturated heterocycles. The number of ether oxygens (including phenoxy) is 2. The Morgan fingerprint density at radius 1 is 1.48 bits per heavy atom.